The van der Waals surface area contributed by atoms with E-state index in [2.05, 4.69) is 10.3 Å². The third-order valence-corrected chi connectivity index (χ3v) is 4.17. The molecular weight excluding hydrogens is 286 g/mol. The normalized spacial score (nSPS) is 12.3. The van der Waals surface area contributed by atoms with Crippen molar-refractivity contribution in [2.24, 2.45) is 5.73 Å². The summed E-state index contributed by atoms with van der Waals surface area (Å²) in [6, 6.07) is 15.5. The van der Waals surface area contributed by atoms with Crippen molar-refractivity contribution in [3.8, 4) is 0 Å². The van der Waals surface area contributed by atoms with Crippen LogP contribution in [0.1, 0.15) is 16.7 Å². The molecule has 0 saturated carbocycles. The number of hydrogen-bond acceptors (Lipinski definition) is 2. The first-order chi connectivity index (χ1) is 11.1. The van der Waals surface area contributed by atoms with E-state index in [1.54, 1.807) is 0 Å². The zero-order valence-electron chi connectivity index (χ0n) is 13.2. The maximum atomic E-state index is 12.2. The number of H-pyrrole nitrogens is 1. The standard InChI is InChI=1S/C19H21N3O/c1-13-6-2-3-7-14(13)11-22-19(23)17(20)10-15-12-21-18-9-5-4-8-16(15)18/h2-9,12,17,21H,10-11,20H2,1H3,(H,22,23)/t17-/m0/s1. The van der Waals surface area contributed by atoms with Gasteiger partial charge >= 0.3 is 0 Å². The van der Waals surface area contributed by atoms with Crippen LogP contribution in [0.15, 0.2) is 54.7 Å². The first kappa shape index (κ1) is 15.3. The number of hydrogen-bond donors (Lipinski definition) is 3. The van der Waals surface area contributed by atoms with Gasteiger partial charge in [0.2, 0.25) is 5.91 Å². The van der Waals surface area contributed by atoms with Crippen LogP contribution in [-0.2, 0) is 17.8 Å². The minimum Gasteiger partial charge on any atom is -0.361 e. The molecule has 0 unspecified atom stereocenters. The number of nitrogens with one attached hydrogen (secondary N) is 2. The smallest absolute Gasteiger partial charge is 0.237 e. The Morgan fingerprint density at radius 1 is 1.13 bits per heavy atom. The largest absolute Gasteiger partial charge is 0.361 e. The Labute approximate surface area is 135 Å². The number of amides is 1. The summed E-state index contributed by atoms with van der Waals surface area (Å²) in [7, 11) is 0. The quantitative estimate of drug-likeness (QED) is 0.678. The van der Waals surface area contributed by atoms with Crippen LogP contribution < -0.4 is 11.1 Å². The molecule has 0 saturated heterocycles. The Morgan fingerprint density at radius 2 is 1.87 bits per heavy atom. The van der Waals surface area contributed by atoms with Gasteiger partial charge in [-0.05, 0) is 36.1 Å². The van der Waals surface area contributed by atoms with Gasteiger partial charge in [-0.25, -0.2) is 0 Å². The van der Waals surface area contributed by atoms with Gasteiger partial charge < -0.3 is 16.0 Å². The van der Waals surface area contributed by atoms with Gasteiger partial charge in [0.15, 0.2) is 0 Å². The molecule has 3 aromatic rings. The lowest BCUT2D eigenvalue weighted by atomic mass is 10.0. The maximum Gasteiger partial charge on any atom is 0.237 e. The molecule has 0 aliphatic carbocycles. The molecule has 1 aromatic heterocycles. The molecule has 1 heterocycles. The van der Waals surface area contributed by atoms with Gasteiger partial charge in [-0.1, -0.05) is 42.5 Å². The lowest BCUT2D eigenvalue weighted by Crippen LogP contribution is -2.41. The van der Waals surface area contributed by atoms with Crippen molar-refractivity contribution in [1.82, 2.24) is 10.3 Å². The van der Waals surface area contributed by atoms with E-state index < -0.39 is 6.04 Å². The van der Waals surface area contributed by atoms with Crippen LogP contribution in [0.2, 0.25) is 0 Å². The lowest BCUT2D eigenvalue weighted by molar-refractivity contribution is -0.122. The number of para-hydroxylation sites is 1. The van der Waals surface area contributed by atoms with E-state index in [1.165, 1.54) is 0 Å². The van der Waals surface area contributed by atoms with E-state index in [0.717, 1.165) is 27.6 Å². The Hall–Kier alpha value is -2.59. The molecule has 0 aliphatic heterocycles. The van der Waals surface area contributed by atoms with Gasteiger partial charge in [0.25, 0.3) is 0 Å². The highest BCUT2D eigenvalue weighted by Crippen LogP contribution is 2.18. The summed E-state index contributed by atoms with van der Waals surface area (Å²) in [4.78, 5) is 15.5. The Balaban J connectivity index is 1.63. The van der Waals surface area contributed by atoms with Gasteiger partial charge in [0.1, 0.15) is 0 Å². The fraction of sp³-hybridized carbons (Fsp3) is 0.211. The molecule has 4 heteroatoms. The highest BCUT2D eigenvalue weighted by molar-refractivity contribution is 5.86. The lowest BCUT2D eigenvalue weighted by Gasteiger charge is -2.13. The number of carbonyl (C=O) groups excluding carboxylic acids is 1. The SMILES string of the molecule is Cc1ccccc1CNC(=O)[C@@H](N)Cc1c[nH]c2ccccc12. The van der Waals surface area contributed by atoms with Gasteiger partial charge in [0, 0.05) is 23.6 Å². The molecule has 2 aromatic carbocycles. The van der Waals surface area contributed by atoms with Crippen molar-refractivity contribution in [3.63, 3.8) is 0 Å². The molecule has 0 bridgehead atoms. The number of carbonyl (C=O) groups is 1. The van der Waals surface area contributed by atoms with Crippen LogP contribution in [0, 0.1) is 6.92 Å². The van der Waals surface area contributed by atoms with Crippen LogP contribution in [0.4, 0.5) is 0 Å². The van der Waals surface area contributed by atoms with Gasteiger partial charge in [-0.2, -0.15) is 0 Å². The molecule has 3 rings (SSSR count). The summed E-state index contributed by atoms with van der Waals surface area (Å²) in [5.74, 6) is -0.126. The van der Waals surface area contributed by atoms with Crippen LogP contribution >= 0.6 is 0 Å². The third-order valence-electron chi connectivity index (χ3n) is 4.17. The summed E-state index contributed by atoms with van der Waals surface area (Å²) in [5.41, 5.74) is 10.5. The predicted molar refractivity (Wildman–Crippen MR) is 93.0 cm³/mol. The first-order valence-corrected chi connectivity index (χ1v) is 7.78. The van der Waals surface area contributed by atoms with Crippen molar-refractivity contribution in [2.45, 2.75) is 25.9 Å². The first-order valence-electron chi connectivity index (χ1n) is 7.78. The van der Waals surface area contributed by atoms with E-state index in [1.807, 2.05) is 61.7 Å². The minimum atomic E-state index is -0.557. The molecule has 4 nitrogen and oxygen atoms in total. The summed E-state index contributed by atoms with van der Waals surface area (Å²) in [6.07, 6.45) is 2.45. The summed E-state index contributed by atoms with van der Waals surface area (Å²) in [5, 5.41) is 4.05. The molecular formula is C19H21N3O. The number of nitrogens with two attached hydrogens (primary N) is 1. The topological polar surface area (TPSA) is 70.9 Å². The fourth-order valence-corrected chi connectivity index (χ4v) is 2.75. The molecule has 118 valence electrons. The van der Waals surface area contributed by atoms with Crippen molar-refractivity contribution < 1.29 is 4.79 Å². The van der Waals surface area contributed by atoms with Crippen molar-refractivity contribution in [3.05, 3.63) is 71.4 Å². The second-order valence-electron chi connectivity index (χ2n) is 5.81. The van der Waals surface area contributed by atoms with E-state index in [-0.39, 0.29) is 5.91 Å². The second kappa shape index (κ2) is 6.67. The van der Waals surface area contributed by atoms with Gasteiger partial charge in [-0.3, -0.25) is 4.79 Å². The monoisotopic (exact) mass is 307 g/mol. The Bertz CT molecular complexity index is 822. The van der Waals surface area contributed by atoms with E-state index in [0.29, 0.717) is 13.0 Å². The Morgan fingerprint density at radius 3 is 2.70 bits per heavy atom. The van der Waals surface area contributed by atoms with E-state index in [9.17, 15) is 4.79 Å². The van der Waals surface area contributed by atoms with Crippen LogP contribution in [-0.4, -0.2) is 16.9 Å². The second-order valence-corrected chi connectivity index (χ2v) is 5.81. The fourth-order valence-electron chi connectivity index (χ4n) is 2.75. The van der Waals surface area contributed by atoms with Gasteiger partial charge in [0.05, 0.1) is 6.04 Å². The number of fused-ring (bicyclic) bond motifs is 1. The molecule has 4 N–H and O–H groups in total. The average Bonchev–Trinajstić information content (AvgIpc) is 2.97. The average molecular weight is 307 g/mol. The number of rotatable bonds is 5. The molecule has 0 spiro atoms. The predicted octanol–water partition coefficient (Wildman–Crippen LogP) is 2.66. The van der Waals surface area contributed by atoms with Crippen LogP contribution in [0.3, 0.4) is 0 Å². The minimum absolute atomic E-state index is 0.126. The van der Waals surface area contributed by atoms with E-state index in [4.69, 9.17) is 5.73 Å². The maximum absolute atomic E-state index is 12.2. The highest BCUT2D eigenvalue weighted by atomic mass is 16.2. The number of benzene rings is 2. The molecule has 0 radical (unpaired) electrons. The molecule has 23 heavy (non-hydrogen) atoms. The van der Waals surface area contributed by atoms with Crippen molar-refractivity contribution in [1.29, 1.82) is 0 Å². The number of aryl methyl sites for hydroxylation is 1. The molecule has 0 fully saturated rings. The number of aromatic nitrogens is 1. The van der Waals surface area contributed by atoms with Crippen molar-refractivity contribution >= 4 is 16.8 Å². The zero-order valence-corrected chi connectivity index (χ0v) is 13.2. The number of aromatic amines is 1. The summed E-state index contributed by atoms with van der Waals surface area (Å²) >= 11 is 0. The van der Waals surface area contributed by atoms with E-state index >= 15 is 0 Å². The van der Waals surface area contributed by atoms with Crippen molar-refractivity contribution in [2.75, 3.05) is 0 Å². The van der Waals surface area contributed by atoms with Crippen LogP contribution in [0.5, 0.6) is 0 Å². The van der Waals surface area contributed by atoms with Gasteiger partial charge in [-0.15, -0.1) is 0 Å². The zero-order chi connectivity index (χ0) is 16.2. The summed E-state index contributed by atoms with van der Waals surface area (Å²) in [6.45, 7) is 2.54. The molecule has 1 amide bonds. The van der Waals surface area contributed by atoms with Crippen LogP contribution in [0.25, 0.3) is 10.9 Å². The third kappa shape index (κ3) is 3.43. The highest BCUT2D eigenvalue weighted by Gasteiger charge is 2.16. The Kier molecular flexibility index (Phi) is 4.44. The summed E-state index contributed by atoms with van der Waals surface area (Å²) < 4.78 is 0. The molecule has 1 atom stereocenters. The molecule has 0 aliphatic rings.